The molecule has 1 saturated heterocycles. The van der Waals surface area contributed by atoms with Crippen LogP contribution in [0.15, 0.2) is 0 Å². The third-order valence-electron chi connectivity index (χ3n) is 3.79. The lowest BCUT2D eigenvalue weighted by Crippen LogP contribution is -2.75. The van der Waals surface area contributed by atoms with Crippen molar-refractivity contribution in [3.8, 4) is 0 Å². The Morgan fingerprint density at radius 2 is 1.75 bits per heavy atom. The highest BCUT2D eigenvalue weighted by molar-refractivity contribution is 5.95. The fourth-order valence-electron chi connectivity index (χ4n) is 2.68. The van der Waals surface area contributed by atoms with Gasteiger partial charge in [-0.2, -0.15) is 0 Å². The molecule has 1 rings (SSSR count). The van der Waals surface area contributed by atoms with Crippen LogP contribution in [0.3, 0.4) is 0 Å². The van der Waals surface area contributed by atoms with E-state index >= 15 is 0 Å². The van der Waals surface area contributed by atoms with Gasteiger partial charge in [-0.05, 0) is 6.92 Å². The van der Waals surface area contributed by atoms with Crippen molar-refractivity contribution < 1.29 is 29.0 Å². The third-order valence-corrected chi connectivity index (χ3v) is 3.79. The second-order valence-electron chi connectivity index (χ2n) is 6.50. The summed E-state index contributed by atoms with van der Waals surface area (Å²) < 4.78 is 5.21. The molecule has 1 aliphatic rings. The largest absolute Gasteiger partial charge is 0.480 e. The van der Waals surface area contributed by atoms with E-state index in [2.05, 4.69) is 5.32 Å². The molecule has 1 heterocycles. The molecule has 0 bridgehead atoms. The summed E-state index contributed by atoms with van der Waals surface area (Å²) in [7, 11) is 0. The maximum atomic E-state index is 12.4. The van der Waals surface area contributed by atoms with Crippen molar-refractivity contribution in [1.82, 2.24) is 10.2 Å². The molecule has 0 aromatic rings. The van der Waals surface area contributed by atoms with Crippen LogP contribution in [0, 0.1) is 5.92 Å². The summed E-state index contributed by atoms with van der Waals surface area (Å²) in [4.78, 5) is 47.6. The van der Waals surface area contributed by atoms with Gasteiger partial charge in [0.05, 0.1) is 19.8 Å². The summed E-state index contributed by atoms with van der Waals surface area (Å²) in [5, 5.41) is 11.5. The van der Waals surface area contributed by atoms with Gasteiger partial charge < -0.3 is 15.2 Å². The number of carbonyl (C=O) groups excluding carboxylic acids is 3. The van der Waals surface area contributed by atoms with Gasteiger partial charge in [-0.15, -0.1) is 0 Å². The summed E-state index contributed by atoms with van der Waals surface area (Å²) >= 11 is 0. The van der Waals surface area contributed by atoms with Crippen molar-refractivity contribution in [1.29, 1.82) is 0 Å². The molecule has 0 radical (unpaired) electrons. The zero-order valence-corrected chi connectivity index (χ0v) is 14.5. The van der Waals surface area contributed by atoms with E-state index in [0.29, 0.717) is 6.42 Å². The molecule has 136 valence electrons. The smallest absolute Gasteiger partial charge is 0.317 e. The van der Waals surface area contributed by atoms with Crippen LogP contribution >= 0.6 is 0 Å². The Balaban J connectivity index is 2.48. The van der Waals surface area contributed by atoms with Crippen molar-refractivity contribution in [3.63, 3.8) is 0 Å². The molecule has 2 N–H and O–H groups in total. The lowest BCUT2D eigenvalue weighted by Gasteiger charge is -2.49. The molecule has 0 spiro atoms. The van der Waals surface area contributed by atoms with E-state index in [4.69, 9.17) is 9.84 Å². The molecule has 0 atom stereocenters. The van der Waals surface area contributed by atoms with Gasteiger partial charge in [0.2, 0.25) is 5.91 Å². The Hall–Kier alpha value is -1.80. The number of nitrogens with zero attached hydrogens (tertiary/aromatic N) is 1. The summed E-state index contributed by atoms with van der Waals surface area (Å²) in [6.07, 6.45) is 0.394. The lowest BCUT2D eigenvalue weighted by molar-refractivity contribution is -0.148. The predicted molar refractivity (Wildman–Crippen MR) is 85.5 cm³/mol. The van der Waals surface area contributed by atoms with E-state index in [9.17, 15) is 19.2 Å². The standard InChI is InChI=1S/C16H26N2O6/c1-11(2)15(23)16(9-18(10-16)8-14(21)22)17-13(20)5-7-24-6-4-12(3)19/h11H,4-10H2,1-3H3,(H,17,20)(H,21,22). The van der Waals surface area contributed by atoms with E-state index in [1.54, 1.807) is 18.7 Å². The van der Waals surface area contributed by atoms with Crippen molar-refractivity contribution in [2.24, 2.45) is 5.92 Å². The van der Waals surface area contributed by atoms with Gasteiger partial charge in [-0.1, -0.05) is 13.8 Å². The first-order valence-corrected chi connectivity index (χ1v) is 8.03. The van der Waals surface area contributed by atoms with Crippen molar-refractivity contribution in [2.75, 3.05) is 32.8 Å². The molecule has 0 unspecified atom stereocenters. The Kier molecular flexibility index (Phi) is 7.50. The topological polar surface area (TPSA) is 113 Å². The predicted octanol–water partition coefficient (Wildman–Crippen LogP) is -0.147. The van der Waals surface area contributed by atoms with Gasteiger partial charge in [-0.25, -0.2) is 0 Å². The average Bonchev–Trinajstić information content (AvgIpc) is 2.42. The lowest BCUT2D eigenvalue weighted by atomic mass is 9.80. The van der Waals surface area contributed by atoms with E-state index < -0.39 is 11.5 Å². The minimum atomic E-state index is -1.01. The molecule has 0 aromatic heterocycles. The van der Waals surface area contributed by atoms with E-state index in [0.717, 1.165) is 0 Å². The number of amides is 1. The molecule has 8 nitrogen and oxygen atoms in total. The molecule has 24 heavy (non-hydrogen) atoms. The summed E-state index contributed by atoms with van der Waals surface area (Å²) in [6.45, 7) is 5.66. The van der Waals surface area contributed by atoms with Crippen LogP contribution in [0.2, 0.25) is 0 Å². The van der Waals surface area contributed by atoms with Crippen LogP contribution in [0.4, 0.5) is 0 Å². The van der Waals surface area contributed by atoms with Crippen LogP contribution in [0.1, 0.15) is 33.6 Å². The fraction of sp³-hybridized carbons (Fsp3) is 0.750. The number of carboxylic acids is 1. The molecule has 0 saturated carbocycles. The monoisotopic (exact) mass is 342 g/mol. The molecule has 0 aromatic carbocycles. The highest BCUT2D eigenvalue weighted by atomic mass is 16.5. The van der Waals surface area contributed by atoms with Crippen LogP contribution in [0.5, 0.6) is 0 Å². The molecule has 1 aliphatic heterocycles. The van der Waals surface area contributed by atoms with Gasteiger partial charge in [0.1, 0.15) is 11.3 Å². The molecule has 1 amide bonds. The van der Waals surface area contributed by atoms with Gasteiger partial charge in [0, 0.05) is 31.8 Å². The summed E-state index contributed by atoms with van der Waals surface area (Å²) in [5.74, 6) is -1.62. The van der Waals surface area contributed by atoms with Crippen molar-refractivity contribution >= 4 is 23.4 Å². The fourth-order valence-corrected chi connectivity index (χ4v) is 2.68. The first-order valence-electron chi connectivity index (χ1n) is 8.03. The van der Waals surface area contributed by atoms with Gasteiger partial charge >= 0.3 is 5.97 Å². The normalized spacial score (nSPS) is 16.5. The van der Waals surface area contributed by atoms with E-state index in [1.807, 2.05) is 0 Å². The van der Waals surface area contributed by atoms with Gasteiger partial charge in [-0.3, -0.25) is 24.1 Å². The SMILES string of the molecule is CC(=O)CCOCCC(=O)NC1(C(=O)C(C)C)CN(CC(=O)O)C1. The number of hydrogen-bond donors (Lipinski definition) is 2. The highest BCUT2D eigenvalue weighted by Gasteiger charge is 2.50. The number of Topliss-reactive ketones (excluding diaryl/α,β-unsaturated/α-hetero) is 2. The Morgan fingerprint density at radius 1 is 1.17 bits per heavy atom. The molecule has 8 heteroatoms. The Bertz CT molecular complexity index is 497. The van der Waals surface area contributed by atoms with E-state index in [1.165, 1.54) is 6.92 Å². The number of carboxylic acid groups (broad SMARTS) is 1. The van der Waals surface area contributed by atoms with Crippen LogP contribution < -0.4 is 5.32 Å². The number of likely N-dealkylation sites (tertiary alicyclic amines) is 1. The van der Waals surface area contributed by atoms with Crippen molar-refractivity contribution in [3.05, 3.63) is 0 Å². The van der Waals surface area contributed by atoms with Crippen LogP contribution in [-0.4, -0.2) is 71.8 Å². The van der Waals surface area contributed by atoms with Gasteiger partial charge in [0.25, 0.3) is 0 Å². The van der Waals surface area contributed by atoms with Crippen LogP contribution in [0.25, 0.3) is 0 Å². The van der Waals surface area contributed by atoms with E-state index in [-0.39, 0.29) is 62.7 Å². The minimum Gasteiger partial charge on any atom is -0.480 e. The number of rotatable bonds is 11. The maximum Gasteiger partial charge on any atom is 0.317 e. The molecule has 1 fully saturated rings. The zero-order valence-electron chi connectivity index (χ0n) is 14.5. The zero-order chi connectivity index (χ0) is 18.3. The van der Waals surface area contributed by atoms with Crippen molar-refractivity contribution in [2.45, 2.75) is 39.2 Å². The number of aliphatic carboxylic acids is 1. The molecular weight excluding hydrogens is 316 g/mol. The first-order chi connectivity index (χ1) is 11.2. The Morgan fingerprint density at radius 3 is 2.25 bits per heavy atom. The third kappa shape index (κ3) is 6.01. The number of carbonyl (C=O) groups is 4. The second kappa shape index (κ2) is 8.89. The average molecular weight is 342 g/mol. The number of nitrogens with one attached hydrogen (secondary N) is 1. The Labute approximate surface area is 141 Å². The quantitative estimate of drug-likeness (QED) is 0.502. The van der Waals surface area contributed by atoms with Crippen LogP contribution in [-0.2, 0) is 23.9 Å². The summed E-state index contributed by atoms with van der Waals surface area (Å²) in [5.41, 5.74) is -1.01. The number of ketones is 2. The highest BCUT2D eigenvalue weighted by Crippen LogP contribution is 2.25. The molecular formula is C16H26N2O6. The van der Waals surface area contributed by atoms with Gasteiger partial charge in [0.15, 0.2) is 5.78 Å². The first kappa shape index (κ1) is 20.2. The summed E-state index contributed by atoms with van der Waals surface area (Å²) in [6, 6.07) is 0. The number of ether oxygens (including phenoxy) is 1. The molecule has 0 aliphatic carbocycles. The minimum absolute atomic E-state index is 0.0222. The maximum absolute atomic E-state index is 12.4. The second-order valence-corrected chi connectivity index (χ2v) is 6.50. The number of hydrogen-bond acceptors (Lipinski definition) is 6.